The highest BCUT2D eigenvalue weighted by Gasteiger charge is 2.30. The van der Waals surface area contributed by atoms with E-state index in [1.165, 1.54) is 0 Å². The van der Waals surface area contributed by atoms with Gasteiger partial charge in [-0.3, -0.25) is 4.79 Å². The maximum Gasteiger partial charge on any atom is 0.255 e. The summed E-state index contributed by atoms with van der Waals surface area (Å²) in [6.45, 7) is 7.22. The fraction of sp³-hybridized carbons (Fsp3) is 0.281. The summed E-state index contributed by atoms with van der Waals surface area (Å²) >= 11 is 0. The number of carbonyl (C=O) groups is 1. The quantitative estimate of drug-likeness (QED) is 0.274. The normalized spacial score (nSPS) is 12.1. The number of carbonyl (C=O) groups excluding carboxylic acids is 1. The number of fused-ring (bicyclic) bond motifs is 1. The van der Waals surface area contributed by atoms with Crippen LogP contribution in [0.1, 0.15) is 54.7 Å². The van der Waals surface area contributed by atoms with Crippen molar-refractivity contribution in [1.29, 1.82) is 0 Å². The summed E-state index contributed by atoms with van der Waals surface area (Å²) in [5.41, 5.74) is 2.63. The number of hydrogen-bond donors (Lipinski definition) is 3. The first-order chi connectivity index (χ1) is 18.2. The Hall–Kier alpha value is -4.21. The maximum absolute atomic E-state index is 13.6. The van der Waals surface area contributed by atoms with E-state index in [0.29, 0.717) is 29.0 Å². The summed E-state index contributed by atoms with van der Waals surface area (Å²) in [5.74, 6) is 7.06. The van der Waals surface area contributed by atoms with Gasteiger partial charge in [-0.05, 0) is 76.1 Å². The molecule has 0 radical (unpaired) electrons. The molecule has 6 heteroatoms. The lowest BCUT2D eigenvalue weighted by Gasteiger charge is -2.30. The Balaban J connectivity index is 1.65. The molecule has 196 valence electrons. The number of methoxy groups -OCH3 is 1. The molecule has 0 aliphatic rings. The standard InChI is InChI=1S/C32H34N2O4/c1-21(2)38-29-17-15-22(14-16-23-10-6-9-13-28(23)37-5)18-26(29)31(35)34-30(32(3,4)36)19-24-20-33-27-12-8-7-11-25(24)27/h6-13,15,17-18,20-21,30,33,36H,19H2,1-5H3,(H,34,35)/t30-/m1/s1. The van der Waals surface area contributed by atoms with Gasteiger partial charge in [0, 0.05) is 22.7 Å². The van der Waals surface area contributed by atoms with Crippen molar-refractivity contribution in [2.24, 2.45) is 0 Å². The average Bonchev–Trinajstić information content (AvgIpc) is 3.29. The molecule has 0 fully saturated rings. The third-order valence-electron chi connectivity index (χ3n) is 6.29. The van der Waals surface area contributed by atoms with Crippen LogP contribution in [0.15, 0.2) is 72.9 Å². The highest BCUT2D eigenvalue weighted by Crippen LogP contribution is 2.25. The Kier molecular flexibility index (Phi) is 8.09. The number of nitrogens with one attached hydrogen (secondary N) is 2. The van der Waals surface area contributed by atoms with Crippen LogP contribution in [0.4, 0.5) is 0 Å². The minimum atomic E-state index is -1.17. The summed E-state index contributed by atoms with van der Waals surface area (Å²) in [7, 11) is 1.61. The molecular formula is C32H34N2O4. The molecule has 4 rings (SSSR count). The van der Waals surface area contributed by atoms with Gasteiger partial charge in [-0.1, -0.05) is 42.2 Å². The zero-order chi connectivity index (χ0) is 27.3. The lowest BCUT2D eigenvalue weighted by molar-refractivity contribution is 0.0350. The van der Waals surface area contributed by atoms with Gasteiger partial charge in [0.25, 0.3) is 5.91 Å². The van der Waals surface area contributed by atoms with E-state index in [1.54, 1.807) is 33.1 Å². The smallest absolute Gasteiger partial charge is 0.255 e. The molecule has 38 heavy (non-hydrogen) atoms. The maximum atomic E-state index is 13.6. The third kappa shape index (κ3) is 6.37. The second kappa shape index (κ2) is 11.5. The Morgan fingerprint density at radius 3 is 2.50 bits per heavy atom. The molecule has 0 bridgehead atoms. The predicted molar refractivity (Wildman–Crippen MR) is 151 cm³/mol. The van der Waals surface area contributed by atoms with Crippen LogP contribution >= 0.6 is 0 Å². The van der Waals surface area contributed by atoms with Crippen molar-refractivity contribution in [3.8, 4) is 23.3 Å². The molecule has 0 saturated carbocycles. The monoisotopic (exact) mass is 510 g/mol. The van der Waals surface area contributed by atoms with Crippen molar-refractivity contribution in [2.75, 3.05) is 7.11 Å². The molecule has 0 aliphatic carbocycles. The van der Waals surface area contributed by atoms with Crippen LogP contribution in [0.2, 0.25) is 0 Å². The molecule has 1 aromatic heterocycles. The third-order valence-corrected chi connectivity index (χ3v) is 6.29. The van der Waals surface area contributed by atoms with Crippen LogP contribution in [0, 0.1) is 11.8 Å². The number of benzene rings is 3. The minimum Gasteiger partial charge on any atom is -0.495 e. The lowest BCUT2D eigenvalue weighted by atomic mass is 9.91. The van der Waals surface area contributed by atoms with E-state index in [9.17, 15) is 9.90 Å². The molecule has 1 amide bonds. The molecule has 4 aromatic rings. The van der Waals surface area contributed by atoms with E-state index >= 15 is 0 Å². The summed E-state index contributed by atoms with van der Waals surface area (Å²) in [5, 5.41) is 15.1. The largest absolute Gasteiger partial charge is 0.495 e. The van der Waals surface area contributed by atoms with Crippen molar-refractivity contribution in [1.82, 2.24) is 10.3 Å². The number of aromatic nitrogens is 1. The summed E-state index contributed by atoms with van der Waals surface area (Å²) in [6.07, 6.45) is 2.26. The van der Waals surface area contributed by atoms with E-state index in [0.717, 1.165) is 22.0 Å². The van der Waals surface area contributed by atoms with Gasteiger partial charge in [0.2, 0.25) is 0 Å². The summed E-state index contributed by atoms with van der Waals surface area (Å²) < 4.78 is 11.3. The fourth-order valence-electron chi connectivity index (χ4n) is 4.26. The fourth-order valence-corrected chi connectivity index (χ4v) is 4.26. The zero-order valence-electron chi connectivity index (χ0n) is 22.5. The molecule has 0 unspecified atom stereocenters. The molecule has 1 atom stereocenters. The molecular weight excluding hydrogens is 476 g/mol. The lowest BCUT2D eigenvalue weighted by Crippen LogP contribution is -2.50. The highest BCUT2D eigenvalue weighted by molar-refractivity contribution is 5.97. The van der Waals surface area contributed by atoms with Crippen molar-refractivity contribution < 1.29 is 19.4 Å². The number of H-pyrrole nitrogens is 1. The van der Waals surface area contributed by atoms with Gasteiger partial charge < -0.3 is 24.9 Å². The van der Waals surface area contributed by atoms with Crippen molar-refractivity contribution >= 4 is 16.8 Å². The molecule has 0 spiro atoms. The van der Waals surface area contributed by atoms with Gasteiger partial charge in [0.15, 0.2) is 0 Å². The number of hydrogen-bond acceptors (Lipinski definition) is 4. The Bertz CT molecular complexity index is 1480. The van der Waals surface area contributed by atoms with E-state index in [-0.39, 0.29) is 12.0 Å². The van der Waals surface area contributed by atoms with Gasteiger partial charge in [0.05, 0.1) is 36.0 Å². The van der Waals surface area contributed by atoms with Gasteiger partial charge in [0.1, 0.15) is 11.5 Å². The summed E-state index contributed by atoms with van der Waals surface area (Å²) in [4.78, 5) is 16.9. The average molecular weight is 511 g/mol. The van der Waals surface area contributed by atoms with Gasteiger partial charge in [-0.2, -0.15) is 0 Å². The molecule has 6 nitrogen and oxygen atoms in total. The van der Waals surface area contributed by atoms with Gasteiger partial charge in [-0.25, -0.2) is 0 Å². The van der Waals surface area contributed by atoms with Crippen LogP contribution in [0.3, 0.4) is 0 Å². The first kappa shape index (κ1) is 26.8. The van der Waals surface area contributed by atoms with E-state index in [2.05, 4.69) is 22.1 Å². The Labute approximate surface area is 224 Å². The Morgan fingerprint density at radius 2 is 1.76 bits per heavy atom. The number of ether oxygens (including phenoxy) is 2. The first-order valence-corrected chi connectivity index (χ1v) is 12.7. The van der Waals surface area contributed by atoms with Crippen LogP contribution in [-0.2, 0) is 6.42 Å². The molecule has 3 aromatic carbocycles. The van der Waals surface area contributed by atoms with Crippen LogP contribution < -0.4 is 14.8 Å². The number of aliphatic hydroxyl groups is 1. The number of aromatic amines is 1. The van der Waals surface area contributed by atoms with Gasteiger partial charge >= 0.3 is 0 Å². The SMILES string of the molecule is COc1ccccc1C#Cc1ccc(OC(C)C)c(C(=O)N[C@H](Cc2c[nH]c3ccccc23)C(C)(C)O)c1. The van der Waals surface area contributed by atoms with E-state index in [4.69, 9.17) is 9.47 Å². The summed E-state index contributed by atoms with van der Waals surface area (Å²) in [6, 6.07) is 20.3. The number of amides is 1. The van der Waals surface area contributed by atoms with Crippen molar-refractivity contribution in [2.45, 2.75) is 51.9 Å². The zero-order valence-corrected chi connectivity index (χ0v) is 22.5. The van der Waals surface area contributed by atoms with Crippen LogP contribution in [0.5, 0.6) is 11.5 Å². The predicted octanol–water partition coefficient (Wildman–Crippen LogP) is 5.48. The van der Waals surface area contributed by atoms with Crippen LogP contribution in [0.25, 0.3) is 10.9 Å². The van der Waals surface area contributed by atoms with Gasteiger partial charge in [-0.15, -0.1) is 0 Å². The van der Waals surface area contributed by atoms with Crippen molar-refractivity contribution in [3.05, 3.63) is 95.2 Å². The van der Waals surface area contributed by atoms with Crippen LogP contribution in [-0.4, -0.2) is 40.9 Å². The molecule has 1 heterocycles. The molecule has 0 saturated heterocycles. The van der Waals surface area contributed by atoms with Crippen molar-refractivity contribution in [3.63, 3.8) is 0 Å². The highest BCUT2D eigenvalue weighted by atomic mass is 16.5. The second-order valence-electron chi connectivity index (χ2n) is 10.1. The minimum absolute atomic E-state index is 0.122. The number of para-hydroxylation sites is 2. The molecule has 0 aliphatic heterocycles. The molecule has 3 N–H and O–H groups in total. The first-order valence-electron chi connectivity index (χ1n) is 12.7. The Morgan fingerprint density at radius 1 is 1.03 bits per heavy atom. The topological polar surface area (TPSA) is 83.6 Å². The second-order valence-corrected chi connectivity index (χ2v) is 10.1. The number of rotatable bonds is 8. The van der Waals surface area contributed by atoms with E-state index in [1.807, 2.05) is 74.6 Å². The van der Waals surface area contributed by atoms with E-state index < -0.39 is 11.6 Å².